The first-order valence-corrected chi connectivity index (χ1v) is 7.80. The number of carbonyl (C=O) groups is 1. The first-order valence-electron chi connectivity index (χ1n) is 7.80. The van der Waals surface area contributed by atoms with Crippen molar-refractivity contribution in [2.75, 3.05) is 26.7 Å². The van der Waals surface area contributed by atoms with Gasteiger partial charge in [0.25, 0.3) is 0 Å². The predicted molar refractivity (Wildman–Crippen MR) is 84.1 cm³/mol. The van der Waals surface area contributed by atoms with Gasteiger partial charge in [0, 0.05) is 13.0 Å². The molecule has 2 atom stereocenters. The Kier molecular flexibility index (Phi) is 6.21. The maximum atomic E-state index is 11.0. The molecule has 0 spiro atoms. The molecule has 0 aromatic heterocycles. The van der Waals surface area contributed by atoms with Gasteiger partial charge in [-0.05, 0) is 56.9 Å². The van der Waals surface area contributed by atoms with E-state index in [1.54, 1.807) is 0 Å². The van der Waals surface area contributed by atoms with E-state index in [0.717, 1.165) is 39.0 Å². The minimum Gasteiger partial charge on any atom is -0.481 e. The first-order chi connectivity index (χ1) is 10.1. The van der Waals surface area contributed by atoms with Crippen LogP contribution in [0.3, 0.4) is 0 Å². The highest BCUT2D eigenvalue weighted by Gasteiger charge is 2.26. The summed E-state index contributed by atoms with van der Waals surface area (Å²) in [7, 11) is 2.13. The van der Waals surface area contributed by atoms with Crippen molar-refractivity contribution in [1.29, 1.82) is 0 Å². The van der Waals surface area contributed by atoms with Crippen molar-refractivity contribution in [3.63, 3.8) is 0 Å². The van der Waals surface area contributed by atoms with Gasteiger partial charge >= 0.3 is 5.97 Å². The molecule has 2 unspecified atom stereocenters. The largest absolute Gasteiger partial charge is 0.481 e. The number of aliphatic carboxylic acids is 1. The second-order valence-electron chi connectivity index (χ2n) is 6.12. The minimum absolute atomic E-state index is 0.314. The Hall–Kier alpha value is -1.39. The summed E-state index contributed by atoms with van der Waals surface area (Å²) in [5.74, 6) is 0.145. The highest BCUT2D eigenvalue weighted by Crippen LogP contribution is 2.25. The van der Waals surface area contributed by atoms with E-state index in [-0.39, 0.29) is 0 Å². The Morgan fingerprint density at radius 2 is 2.10 bits per heavy atom. The van der Waals surface area contributed by atoms with Crippen LogP contribution < -0.4 is 5.32 Å². The van der Waals surface area contributed by atoms with Gasteiger partial charge in [-0.2, -0.15) is 0 Å². The van der Waals surface area contributed by atoms with Crippen LogP contribution in [0, 0.1) is 11.8 Å². The molecule has 1 aromatic rings. The molecule has 4 heteroatoms. The summed E-state index contributed by atoms with van der Waals surface area (Å²) >= 11 is 0. The Morgan fingerprint density at radius 1 is 1.33 bits per heavy atom. The van der Waals surface area contributed by atoms with Crippen LogP contribution in [0.15, 0.2) is 30.3 Å². The summed E-state index contributed by atoms with van der Waals surface area (Å²) in [5, 5.41) is 12.4. The average Bonchev–Trinajstić information content (AvgIpc) is 2.47. The molecule has 1 fully saturated rings. The van der Waals surface area contributed by atoms with E-state index >= 15 is 0 Å². The Bertz CT molecular complexity index is 436. The van der Waals surface area contributed by atoms with Gasteiger partial charge < -0.3 is 15.3 Å². The lowest BCUT2D eigenvalue weighted by Gasteiger charge is -2.32. The fraction of sp³-hybridized carbons (Fsp3) is 0.588. The van der Waals surface area contributed by atoms with Gasteiger partial charge in [-0.3, -0.25) is 4.79 Å². The lowest BCUT2D eigenvalue weighted by atomic mass is 9.82. The fourth-order valence-corrected chi connectivity index (χ4v) is 3.17. The third-order valence-corrected chi connectivity index (χ3v) is 4.38. The van der Waals surface area contributed by atoms with E-state index in [9.17, 15) is 4.79 Å². The summed E-state index contributed by atoms with van der Waals surface area (Å²) in [6, 6.07) is 10.5. The van der Waals surface area contributed by atoms with E-state index in [1.807, 2.05) is 6.07 Å². The third kappa shape index (κ3) is 5.48. The molecular weight excluding hydrogens is 264 g/mol. The minimum atomic E-state index is -0.662. The van der Waals surface area contributed by atoms with Crippen molar-refractivity contribution in [3.05, 3.63) is 35.9 Å². The van der Waals surface area contributed by atoms with E-state index in [2.05, 4.69) is 41.5 Å². The van der Waals surface area contributed by atoms with Gasteiger partial charge in [0.05, 0.1) is 0 Å². The zero-order valence-corrected chi connectivity index (χ0v) is 12.8. The summed E-state index contributed by atoms with van der Waals surface area (Å²) in [6.07, 6.45) is 2.36. The van der Waals surface area contributed by atoms with Crippen LogP contribution in [-0.4, -0.2) is 42.7 Å². The van der Waals surface area contributed by atoms with Gasteiger partial charge in [0.15, 0.2) is 0 Å². The van der Waals surface area contributed by atoms with Gasteiger partial charge in [-0.1, -0.05) is 30.3 Å². The van der Waals surface area contributed by atoms with Gasteiger partial charge in [0.1, 0.15) is 0 Å². The molecule has 2 N–H and O–H groups in total. The molecule has 4 nitrogen and oxygen atoms in total. The van der Waals surface area contributed by atoms with Gasteiger partial charge in [-0.15, -0.1) is 0 Å². The number of carboxylic acids is 1. The predicted octanol–water partition coefficient (Wildman–Crippen LogP) is 2.21. The molecule has 0 amide bonds. The molecule has 2 rings (SSSR count). The Labute approximate surface area is 127 Å². The van der Waals surface area contributed by atoms with Crippen molar-refractivity contribution in [1.82, 2.24) is 10.2 Å². The second kappa shape index (κ2) is 8.15. The van der Waals surface area contributed by atoms with Crippen molar-refractivity contribution < 1.29 is 9.90 Å². The fourth-order valence-electron chi connectivity index (χ4n) is 3.17. The standard InChI is InChI=1S/C17H26N2O2/c1-19(13-14-5-3-2-4-6-14)10-8-16-12-18-9-7-15(16)11-17(20)21/h2-6,15-16,18H,7-13H2,1H3,(H,20,21). The molecule has 1 aliphatic rings. The molecule has 0 radical (unpaired) electrons. The highest BCUT2D eigenvalue weighted by atomic mass is 16.4. The number of rotatable bonds is 7. The molecule has 1 saturated heterocycles. The van der Waals surface area contributed by atoms with Crippen LogP contribution in [0.2, 0.25) is 0 Å². The molecule has 1 aromatic carbocycles. The van der Waals surface area contributed by atoms with E-state index < -0.39 is 5.97 Å². The Balaban J connectivity index is 1.78. The Morgan fingerprint density at radius 3 is 2.81 bits per heavy atom. The zero-order valence-electron chi connectivity index (χ0n) is 12.8. The van der Waals surface area contributed by atoms with Crippen LogP contribution in [0.5, 0.6) is 0 Å². The molecule has 0 bridgehead atoms. The number of nitrogens with one attached hydrogen (secondary N) is 1. The van der Waals surface area contributed by atoms with Crippen LogP contribution in [0.1, 0.15) is 24.8 Å². The first kappa shape index (κ1) is 16.0. The molecule has 116 valence electrons. The number of benzene rings is 1. The van der Waals surface area contributed by atoms with Gasteiger partial charge in [-0.25, -0.2) is 0 Å². The molecule has 1 heterocycles. The summed E-state index contributed by atoms with van der Waals surface area (Å²) in [4.78, 5) is 13.3. The number of carboxylic acid groups (broad SMARTS) is 1. The summed E-state index contributed by atoms with van der Waals surface area (Å²) < 4.78 is 0. The maximum absolute atomic E-state index is 11.0. The van der Waals surface area contributed by atoms with Crippen molar-refractivity contribution in [2.24, 2.45) is 11.8 Å². The average molecular weight is 290 g/mol. The lowest BCUT2D eigenvalue weighted by molar-refractivity contribution is -0.138. The van der Waals surface area contributed by atoms with E-state index in [4.69, 9.17) is 5.11 Å². The second-order valence-corrected chi connectivity index (χ2v) is 6.12. The lowest BCUT2D eigenvalue weighted by Crippen LogP contribution is -2.39. The van der Waals surface area contributed by atoms with Crippen LogP contribution in [-0.2, 0) is 11.3 Å². The quantitative estimate of drug-likeness (QED) is 0.808. The molecule has 1 aliphatic heterocycles. The monoisotopic (exact) mass is 290 g/mol. The topological polar surface area (TPSA) is 52.6 Å². The van der Waals surface area contributed by atoms with Crippen molar-refractivity contribution >= 4 is 5.97 Å². The van der Waals surface area contributed by atoms with Crippen LogP contribution in [0.25, 0.3) is 0 Å². The summed E-state index contributed by atoms with van der Waals surface area (Å²) in [5.41, 5.74) is 1.32. The molecule has 0 aliphatic carbocycles. The molecule has 21 heavy (non-hydrogen) atoms. The van der Waals surface area contributed by atoms with E-state index in [1.165, 1.54) is 5.56 Å². The van der Waals surface area contributed by atoms with Gasteiger partial charge in [0.2, 0.25) is 0 Å². The zero-order chi connectivity index (χ0) is 15.1. The number of piperidine rings is 1. The van der Waals surface area contributed by atoms with Crippen LogP contribution in [0.4, 0.5) is 0 Å². The van der Waals surface area contributed by atoms with Crippen LogP contribution >= 0.6 is 0 Å². The SMILES string of the molecule is CN(CCC1CNCCC1CC(=O)O)Cc1ccccc1. The maximum Gasteiger partial charge on any atom is 0.303 e. The number of hydrogen-bond acceptors (Lipinski definition) is 3. The van der Waals surface area contributed by atoms with Crippen molar-refractivity contribution in [3.8, 4) is 0 Å². The third-order valence-electron chi connectivity index (χ3n) is 4.38. The number of nitrogens with zero attached hydrogens (tertiary/aromatic N) is 1. The normalized spacial score (nSPS) is 22.4. The molecule has 0 saturated carbocycles. The molecular formula is C17H26N2O2. The number of hydrogen-bond donors (Lipinski definition) is 2. The summed E-state index contributed by atoms with van der Waals surface area (Å²) in [6.45, 7) is 3.87. The highest BCUT2D eigenvalue weighted by molar-refractivity contribution is 5.67. The van der Waals surface area contributed by atoms with Crippen molar-refractivity contribution in [2.45, 2.75) is 25.8 Å². The smallest absolute Gasteiger partial charge is 0.303 e. The van der Waals surface area contributed by atoms with E-state index in [0.29, 0.717) is 18.3 Å².